The van der Waals surface area contributed by atoms with E-state index in [-0.39, 0.29) is 43.0 Å². The molecule has 11 heavy (non-hydrogen) atoms. The molecule has 0 saturated carbocycles. The van der Waals surface area contributed by atoms with Crippen molar-refractivity contribution < 1.29 is 52.9 Å². The minimum absolute atomic E-state index is 0. The van der Waals surface area contributed by atoms with E-state index in [0.717, 1.165) is 0 Å². The third-order valence-corrected chi connectivity index (χ3v) is 1.91. The Kier molecular flexibility index (Phi) is 10.1. The van der Waals surface area contributed by atoms with Gasteiger partial charge < -0.3 is 22.4 Å². The van der Waals surface area contributed by atoms with Gasteiger partial charge in [0, 0.05) is 17.1 Å². The van der Waals surface area contributed by atoms with Gasteiger partial charge in [-0.1, -0.05) is 0 Å². The van der Waals surface area contributed by atoms with Crippen LogP contribution in [0, 0.1) is 0 Å². The van der Waals surface area contributed by atoms with Crippen LogP contribution in [0.3, 0.4) is 0 Å². The van der Waals surface area contributed by atoms with Gasteiger partial charge in [-0.15, -0.1) is 0 Å². The second-order valence-electron chi connectivity index (χ2n) is 1.06. The average molecular weight is 259 g/mol. The van der Waals surface area contributed by atoms with Crippen LogP contribution in [-0.4, -0.2) is 42.6 Å². The first-order valence-electron chi connectivity index (χ1n) is 1.53. The van der Waals surface area contributed by atoms with Gasteiger partial charge in [0.25, 0.3) is 0 Å². The molecular weight excluding hydrogens is 253 g/mol. The van der Waals surface area contributed by atoms with Crippen LogP contribution in [0.1, 0.15) is 2.85 Å². The molecule has 0 unspecified atom stereocenters. The zero-order valence-electron chi connectivity index (χ0n) is 6.99. The molecule has 11 heteroatoms. The summed E-state index contributed by atoms with van der Waals surface area (Å²) in [4.78, 5) is 31.0. The first-order valence-corrected chi connectivity index (χ1v) is 4.59. The number of hydrogen-bond donors (Lipinski definition) is 4. The van der Waals surface area contributed by atoms with Crippen molar-refractivity contribution in [2.75, 3.05) is 0 Å². The summed E-state index contributed by atoms with van der Waals surface area (Å²) in [5.41, 5.74) is 0. The monoisotopic (exact) mass is 259 g/mol. The third kappa shape index (κ3) is 18.5. The molecule has 0 spiro atoms. The molecule has 0 aliphatic rings. The Hall–Kier alpha value is 1.55. The normalized spacial score (nSPS) is 11.3. The molecule has 4 N–H and O–H groups in total. The molecule has 67 valence electrons. The van der Waals surface area contributed by atoms with Crippen molar-refractivity contribution in [1.82, 2.24) is 0 Å². The van der Waals surface area contributed by atoms with Gasteiger partial charge in [0.1, 0.15) is 0 Å². The Labute approximate surface area is 91.6 Å². The van der Waals surface area contributed by atoms with Crippen molar-refractivity contribution >= 4 is 38.7 Å². The predicted molar refractivity (Wildman–Crippen MR) is 33.2 cm³/mol. The summed E-state index contributed by atoms with van der Waals surface area (Å²) in [5, 5.41) is 0. The molecule has 0 aromatic heterocycles. The van der Waals surface area contributed by atoms with Crippen molar-refractivity contribution in [3.05, 3.63) is 0 Å². The molecule has 0 rings (SSSR count). The van der Waals surface area contributed by atoms with Crippen molar-refractivity contribution in [1.29, 1.82) is 0 Å². The minimum Gasteiger partial charge on any atom is -1.00 e. The Morgan fingerprint density at radius 1 is 1.00 bits per heavy atom. The Morgan fingerprint density at radius 2 is 1.18 bits per heavy atom. The summed E-state index contributed by atoms with van der Waals surface area (Å²) in [6.45, 7) is 0. The van der Waals surface area contributed by atoms with Crippen LogP contribution >= 0.6 is 15.6 Å². The molecule has 0 aliphatic heterocycles. The largest absolute Gasteiger partial charge is 2.00 e. The summed E-state index contributed by atoms with van der Waals surface area (Å²) < 4.78 is 22.2. The van der Waals surface area contributed by atoms with Crippen molar-refractivity contribution in [3.63, 3.8) is 0 Å². The predicted octanol–water partition coefficient (Wildman–Crippen LogP) is -0.970. The maximum absolute atomic E-state index is 9.63. The van der Waals surface area contributed by atoms with E-state index in [2.05, 4.69) is 4.31 Å². The van der Waals surface area contributed by atoms with Crippen LogP contribution in [0.5, 0.6) is 0 Å². The van der Waals surface area contributed by atoms with Crippen molar-refractivity contribution in [3.8, 4) is 0 Å². The SMILES string of the molecule is O=P(O)(O)OP(=O)(O)O.[H-].[H-].[Mg+2].[Mn]. The maximum atomic E-state index is 9.63. The smallest absolute Gasteiger partial charge is 1.00 e. The average Bonchev–Trinajstić information content (AvgIpc) is 1.14. The first kappa shape index (κ1) is 18.4. The Morgan fingerprint density at radius 3 is 1.18 bits per heavy atom. The van der Waals surface area contributed by atoms with Crippen LogP contribution in [0.25, 0.3) is 0 Å². The number of phosphoric acid groups is 2. The number of rotatable bonds is 2. The number of hydrogen-bond acceptors (Lipinski definition) is 3. The molecule has 0 saturated heterocycles. The van der Waals surface area contributed by atoms with Gasteiger partial charge in [0.2, 0.25) is 0 Å². The molecule has 0 amide bonds. The standard InChI is InChI=1S/Mg.Mn.H4O7P2.2H/c;;1-8(2,3)7-9(4,5)6;;/h;;(H2,1,2,3)(H2,4,5,6);;/q+2;;;2*-1. The van der Waals surface area contributed by atoms with E-state index in [1.807, 2.05) is 0 Å². The quantitative estimate of drug-likeness (QED) is 0.371. The van der Waals surface area contributed by atoms with Crippen LogP contribution < -0.4 is 0 Å². The fourth-order valence-electron chi connectivity index (χ4n) is 0.139. The molecule has 0 aromatic carbocycles. The van der Waals surface area contributed by atoms with Gasteiger partial charge in [-0.3, -0.25) is 0 Å². The van der Waals surface area contributed by atoms with Crippen LogP contribution in [-0.2, 0) is 30.5 Å². The first-order chi connectivity index (χ1) is 3.71. The van der Waals surface area contributed by atoms with Crippen LogP contribution in [0.2, 0.25) is 0 Å². The van der Waals surface area contributed by atoms with E-state index in [0.29, 0.717) is 0 Å². The molecule has 7 nitrogen and oxygen atoms in total. The molecular formula is H6MgMnO7P2. The maximum Gasteiger partial charge on any atom is 2.00 e. The van der Waals surface area contributed by atoms with E-state index >= 15 is 0 Å². The van der Waals surface area contributed by atoms with Gasteiger partial charge >= 0.3 is 38.7 Å². The minimum atomic E-state index is -5.05. The molecule has 0 atom stereocenters. The van der Waals surface area contributed by atoms with Crippen molar-refractivity contribution in [2.24, 2.45) is 0 Å². The third-order valence-electron chi connectivity index (χ3n) is 0.213. The zero-order valence-corrected chi connectivity index (χ0v) is 9.38. The molecule has 0 heterocycles. The molecule has 0 fully saturated rings. The van der Waals surface area contributed by atoms with Gasteiger partial charge in [0.05, 0.1) is 0 Å². The Balaban J connectivity index is -0.0000000533. The summed E-state index contributed by atoms with van der Waals surface area (Å²) >= 11 is 0. The second kappa shape index (κ2) is 6.07. The van der Waals surface area contributed by atoms with Crippen molar-refractivity contribution in [2.45, 2.75) is 0 Å². The molecule has 0 bridgehead atoms. The molecule has 0 aliphatic carbocycles. The molecule has 1 radical (unpaired) electrons. The summed E-state index contributed by atoms with van der Waals surface area (Å²) in [6.07, 6.45) is 0. The van der Waals surface area contributed by atoms with Crippen LogP contribution in [0.15, 0.2) is 0 Å². The van der Waals surface area contributed by atoms with Gasteiger partial charge in [0.15, 0.2) is 0 Å². The fraction of sp³-hybridized carbons (Fsp3) is 0. The van der Waals surface area contributed by atoms with E-state index < -0.39 is 15.6 Å². The molecule has 0 aromatic rings. The van der Waals surface area contributed by atoms with E-state index in [1.165, 1.54) is 0 Å². The van der Waals surface area contributed by atoms with E-state index in [9.17, 15) is 9.13 Å². The zero-order chi connectivity index (χ0) is 7.71. The summed E-state index contributed by atoms with van der Waals surface area (Å²) in [5.74, 6) is 0. The van der Waals surface area contributed by atoms with Gasteiger partial charge in [-0.2, -0.15) is 4.31 Å². The summed E-state index contributed by atoms with van der Waals surface area (Å²) in [6, 6.07) is 0. The summed E-state index contributed by atoms with van der Waals surface area (Å²) in [7, 11) is -10.1. The van der Waals surface area contributed by atoms with Crippen LogP contribution in [0.4, 0.5) is 0 Å². The second-order valence-corrected chi connectivity index (χ2v) is 3.68. The van der Waals surface area contributed by atoms with E-state index in [1.54, 1.807) is 0 Å². The fourth-order valence-corrected chi connectivity index (χ4v) is 1.25. The van der Waals surface area contributed by atoms with Gasteiger partial charge in [-0.25, -0.2) is 9.13 Å². The van der Waals surface area contributed by atoms with Gasteiger partial charge in [-0.05, 0) is 0 Å². The topological polar surface area (TPSA) is 124 Å². The van der Waals surface area contributed by atoms with E-state index in [4.69, 9.17) is 19.6 Å². The Bertz CT molecular complexity index is 165.